The Labute approximate surface area is 195 Å². The van der Waals surface area contributed by atoms with Crippen molar-refractivity contribution in [1.82, 2.24) is 9.88 Å². The molecule has 1 aromatic heterocycles. The van der Waals surface area contributed by atoms with E-state index in [-0.39, 0.29) is 18.6 Å². The van der Waals surface area contributed by atoms with Crippen LogP contribution in [0.25, 0.3) is 33.0 Å². The number of Topliss-reactive ketones (excluding diaryl/α,β-unsaturated/α-hetero) is 1. The molecule has 0 N–H and O–H groups in total. The van der Waals surface area contributed by atoms with E-state index in [1.165, 1.54) is 11.1 Å². The molecular formula is C27H21F2N3O2. The number of rotatable bonds is 5. The number of fused-ring (bicyclic) bond motifs is 2. The number of carbonyl (C=O) groups is 2. The highest BCUT2D eigenvalue weighted by atomic mass is 19.3. The van der Waals surface area contributed by atoms with Crippen LogP contribution < -0.4 is 0 Å². The zero-order chi connectivity index (χ0) is 23.9. The lowest BCUT2D eigenvalue weighted by molar-refractivity contribution is -0.132. The Balaban J connectivity index is 1.37. The standard InChI is InChI=1S/C27H21F2N3O2/c1-30-25-15-27(28,29)16-32(25)26(34)10-9-24(33)21-11-12-31-23-8-7-20(14-22(21)23)19-6-5-17-3-2-4-18(17)13-19/h2,4-8,11-14,25H,3,9-10,15-16H2/t25-/m0/s1. The van der Waals surface area contributed by atoms with Crippen molar-refractivity contribution in [2.45, 2.75) is 37.8 Å². The van der Waals surface area contributed by atoms with Crippen molar-refractivity contribution < 1.29 is 18.4 Å². The molecule has 0 bridgehead atoms. The van der Waals surface area contributed by atoms with E-state index in [4.69, 9.17) is 6.57 Å². The van der Waals surface area contributed by atoms with Crippen LogP contribution in [0, 0.1) is 6.57 Å². The van der Waals surface area contributed by atoms with E-state index in [0.29, 0.717) is 16.5 Å². The second kappa shape index (κ2) is 8.45. The number of amides is 1. The number of pyridine rings is 1. The zero-order valence-electron chi connectivity index (χ0n) is 18.3. The van der Waals surface area contributed by atoms with E-state index >= 15 is 0 Å². The number of allylic oxidation sites excluding steroid dienone is 1. The Morgan fingerprint density at radius 2 is 1.91 bits per heavy atom. The SMILES string of the molecule is [C-]#[N+][C@@H]1CC(F)(F)CN1C(=O)CCC(=O)c1ccnc2ccc(-c3ccc4c(c3)C=CC4)cc12. The fraction of sp³-hybridized carbons (Fsp3) is 0.259. The molecule has 2 aromatic carbocycles. The van der Waals surface area contributed by atoms with Gasteiger partial charge in [0.15, 0.2) is 5.78 Å². The maximum Gasteiger partial charge on any atom is 0.306 e. The van der Waals surface area contributed by atoms with Crippen molar-refractivity contribution in [3.05, 3.63) is 82.8 Å². The van der Waals surface area contributed by atoms with E-state index in [1.807, 2.05) is 18.2 Å². The van der Waals surface area contributed by atoms with Crippen LogP contribution in [0.15, 0.2) is 54.7 Å². The predicted molar refractivity (Wildman–Crippen MR) is 125 cm³/mol. The second-order valence-corrected chi connectivity index (χ2v) is 8.73. The molecule has 0 radical (unpaired) electrons. The molecule has 0 unspecified atom stereocenters. The first-order valence-corrected chi connectivity index (χ1v) is 11.1. The van der Waals surface area contributed by atoms with Gasteiger partial charge in [-0.05, 0) is 52.9 Å². The van der Waals surface area contributed by atoms with Gasteiger partial charge in [0.25, 0.3) is 5.92 Å². The first kappa shape index (κ1) is 21.9. The zero-order valence-corrected chi connectivity index (χ0v) is 18.3. The summed E-state index contributed by atoms with van der Waals surface area (Å²) in [4.78, 5) is 34.0. The molecule has 1 aliphatic carbocycles. The summed E-state index contributed by atoms with van der Waals surface area (Å²) in [5.74, 6) is -3.93. The van der Waals surface area contributed by atoms with Crippen LogP contribution >= 0.6 is 0 Å². The van der Waals surface area contributed by atoms with Crippen molar-refractivity contribution in [2.24, 2.45) is 0 Å². The average molecular weight is 457 g/mol. The van der Waals surface area contributed by atoms with Crippen LogP contribution in [0.3, 0.4) is 0 Å². The smallest absolute Gasteiger partial charge is 0.294 e. The highest BCUT2D eigenvalue weighted by Gasteiger charge is 2.50. The number of halogens is 2. The van der Waals surface area contributed by atoms with E-state index in [1.54, 1.807) is 12.3 Å². The summed E-state index contributed by atoms with van der Waals surface area (Å²) >= 11 is 0. The number of hydrogen-bond donors (Lipinski definition) is 0. The van der Waals surface area contributed by atoms with Crippen molar-refractivity contribution in [1.29, 1.82) is 0 Å². The van der Waals surface area contributed by atoms with Crippen molar-refractivity contribution in [3.8, 4) is 11.1 Å². The summed E-state index contributed by atoms with van der Waals surface area (Å²) in [6.07, 6.45) is 4.52. The summed E-state index contributed by atoms with van der Waals surface area (Å²) in [6, 6.07) is 13.7. The van der Waals surface area contributed by atoms with E-state index in [2.05, 4.69) is 40.2 Å². The number of likely N-dealkylation sites (tertiary alicyclic amines) is 1. The second-order valence-electron chi connectivity index (χ2n) is 8.73. The highest BCUT2D eigenvalue weighted by Crippen LogP contribution is 2.34. The number of carbonyl (C=O) groups excluding carboxylic acids is 2. The van der Waals surface area contributed by atoms with Gasteiger partial charge in [0.05, 0.1) is 12.1 Å². The van der Waals surface area contributed by atoms with Gasteiger partial charge in [-0.1, -0.05) is 30.4 Å². The molecule has 1 amide bonds. The molecule has 1 aliphatic heterocycles. The van der Waals surface area contributed by atoms with Gasteiger partial charge in [0, 0.05) is 30.0 Å². The lowest BCUT2D eigenvalue weighted by Crippen LogP contribution is -2.35. The molecule has 1 atom stereocenters. The third-order valence-electron chi connectivity index (χ3n) is 6.43. The lowest BCUT2D eigenvalue weighted by atomic mass is 9.96. The average Bonchev–Trinajstić information content (AvgIpc) is 3.44. The van der Waals surface area contributed by atoms with Crippen LogP contribution in [-0.2, 0) is 11.2 Å². The maximum atomic E-state index is 13.7. The fourth-order valence-corrected chi connectivity index (χ4v) is 4.66. The van der Waals surface area contributed by atoms with Crippen LogP contribution in [0.4, 0.5) is 8.78 Å². The normalized spacial score (nSPS) is 18.1. The van der Waals surface area contributed by atoms with Crippen LogP contribution in [0.1, 0.15) is 40.7 Å². The van der Waals surface area contributed by atoms with Gasteiger partial charge in [-0.25, -0.2) is 15.4 Å². The number of alkyl halides is 2. The van der Waals surface area contributed by atoms with E-state index in [0.717, 1.165) is 22.4 Å². The van der Waals surface area contributed by atoms with Gasteiger partial charge in [0.1, 0.15) is 6.42 Å². The molecular weight excluding hydrogens is 436 g/mol. The summed E-state index contributed by atoms with van der Waals surface area (Å²) in [7, 11) is 0. The van der Waals surface area contributed by atoms with Gasteiger partial charge < -0.3 is 0 Å². The van der Waals surface area contributed by atoms with Gasteiger partial charge in [-0.2, -0.15) is 0 Å². The summed E-state index contributed by atoms with van der Waals surface area (Å²) in [6.45, 7) is 6.32. The van der Waals surface area contributed by atoms with Crippen molar-refractivity contribution >= 4 is 28.7 Å². The lowest BCUT2D eigenvalue weighted by Gasteiger charge is -2.16. The van der Waals surface area contributed by atoms with Crippen molar-refractivity contribution in [3.63, 3.8) is 0 Å². The number of hydrogen-bond acceptors (Lipinski definition) is 3. The topological polar surface area (TPSA) is 54.6 Å². The van der Waals surface area contributed by atoms with Gasteiger partial charge >= 0.3 is 6.17 Å². The van der Waals surface area contributed by atoms with Gasteiger partial charge in [-0.3, -0.25) is 24.3 Å². The maximum absolute atomic E-state index is 13.7. The highest BCUT2D eigenvalue weighted by molar-refractivity contribution is 6.08. The number of benzene rings is 2. The Morgan fingerprint density at radius 3 is 2.74 bits per heavy atom. The quantitative estimate of drug-likeness (QED) is 0.373. The minimum Gasteiger partial charge on any atom is -0.294 e. The molecule has 1 fully saturated rings. The molecule has 5 nitrogen and oxygen atoms in total. The molecule has 2 heterocycles. The molecule has 0 spiro atoms. The monoisotopic (exact) mass is 457 g/mol. The van der Waals surface area contributed by atoms with Crippen LogP contribution in [0.2, 0.25) is 0 Å². The predicted octanol–water partition coefficient (Wildman–Crippen LogP) is 5.55. The van der Waals surface area contributed by atoms with Crippen LogP contribution in [0.5, 0.6) is 0 Å². The number of nitrogens with zero attached hydrogens (tertiary/aromatic N) is 3. The Morgan fingerprint density at radius 1 is 1.12 bits per heavy atom. The van der Waals surface area contributed by atoms with Gasteiger partial charge in [-0.15, -0.1) is 0 Å². The number of aromatic nitrogens is 1. The molecule has 3 aromatic rings. The minimum absolute atomic E-state index is 0.126. The third-order valence-corrected chi connectivity index (χ3v) is 6.43. The van der Waals surface area contributed by atoms with E-state index < -0.39 is 31.0 Å². The molecule has 7 heteroatoms. The molecule has 34 heavy (non-hydrogen) atoms. The summed E-state index contributed by atoms with van der Waals surface area (Å²) in [5.41, 5.74) is 5.55. The summed E-state index contributed by atoms with van der Waals surface area (Å²) < 4.78 is 27.3. The summed E-state index contributed by atoms with van der Waals surface area (Å²) in [5, 5.41) is 0.681. The first-order chi connectivity index (χ1) is 16.3. The minimum atomic E-state index is -3.07. The Hall–Kier alpha value is -3.92. The fourth-order valence-electron chi connectivity index (χ4n) is 4.66. The third kappa shape index (κ3) is 4.08. The largest absolute Gasteiger partial charge is 0.306 e. The van der Waals surface area contributed by atoms with Gasteiger partial charge in [0.2, 0.25) is 5.91 Å². The molecule has 170 valence electrons. The van der Waals surface area contributed by atoms with Crippen LogP contribution in [-0.4, -0.2) is 40.2 Å². The van der Waals surface area contributed by atoms with E-state index in [9.17, 15) is 18.4 Å². The van der Waals surface area contributed by atoms with Crippen molar-refractivity contribution in [2.75, 3.05) is 6.54 Å². The Bertz CT molecular complexity index is 1390. The first-order valence-electron chi connectivity index (χ1n) is 11.1. The molecule has 5 rings (SSSR count). The Kier molecular flexibility index (Phi) is 5.45. The molecule has 2 aliphatic rings. The number of ketones is 1. The molecule has 0 saturated carbocycles. The molecule has 1 saturated heterocycles.